The van der Waals surface area contributed by atoms with Gasteiger partial charge in [0.25, 0.3) is 5.91 Å². The summed E-state index contributed by atoms with van der Waals surface area (Å²) in [6.07, 6.45) is 3.07. The molecule has 1 amide bonds. The summed E-state index contributed by atoms with van der Waals surface area (Å²) in [4.78, 5) is 19.7. The van der Waals surface area contributed by atoms with E-state index in [9.17, 15) is 4.79 Å². The number of nitrogens with one attached hydrogen (secondary N) is 1. The first-order valence-corrected chi connectivity index (χ1v) is 5.87. The molecule has 0 aromatic carbocycles. The van der Waals surface area contributed by atoms with Crippen LogP contribution in [0.2, 0.25) is 5.02 Å². The zero-order chi connectivity index (χ0) is 12.3. The zero-order valence-corrected chi connectivity index (χ0v) is 10.9. The van der Waals surface area contributed by atoms with E-state index in [4.69, 9.17) is 11.6 Å². The Labute approximate surface area is 111 Å². The number of hydrogen-bond donors (Lipinski definition) is 1. The van der Waals surface area contributed by atoms with E-state index in [1.54, 1.807) is 24.4 Å². The highest BCUT2D eigenvalue weighted by Crippen LogP contribution is 2.14. The second-order valence-corrected chi connectivity index (χ2v) is 4.52. The summed E-state index contributed by atoms with van der Waals surface area (Å²) in [5.74, 6) is 0.101. The number of pyridine rings is 2. The molecule has 0 atom stereocenters. The molecule has 0 aliphatic rings. The summed E-state index contributed by atoms with van der Waals surface area (Å²) < 4.78 is 0.835. The molecule has 0 aliphatic heterocycles. The van der Waals surface area contributed by atoms with Crippen molar-refractivity contribution >= 4 is 39.3 Å². The van der Waals surface area contributed by atoms with Gasteiger partial charge >= 0.3 is 0 Å². The quantitative estimate of drug-likeness (QED) is 0.927. The number of anilines is 1. The fraction of sp³-hybridized carbons (Fsp3) is 0. The normalized spacial score (nSPS) is 10.0. The molecule has 2 rings (SSSR count). The molecule has 0 unspecified atom stereocenters. The van der Waals surface area contributed by atoms with Crippen LogP contribution in [-0.4, -0.2) is 15.9 Å². The van der Waals surface area contributed by atoms with Gasteiger partial charge in [-0.25, -0.2) is 4.98 Å². The van der Waals surface area contributed by atoms with Gasteiger partial charge in [-0.1, -0.05) is 27.5 Å². The number of carbonyl (C=O) groups excluding carboxylic acids is 1. The van der Waals surface area contributed by atoms with Crippen LogP contribution in [0.3, 0.4) is 0 Å². The fourth-order valence-corrected chi connectivity index (χ4v) is 1.68. The van der Waals surface area contributed by atoms with Crippen molar-refractivity contribution in [2.24, 2.45) is 0 Å². The molecule has 86 valence electrons. The molecule has 0 saturated carbocycles. The standard InChI is InChI=1S/C11H7BrClN3O/c12-7-1-3-15-10(5-7)16-11(17)9-6-8(13)2-4-14-9/h1-6H,(H,15,16,17). The number of aromatic nitrogens is 2. The molecule has 2 aromatic heterocycles. The molecule has 0 bridgehead atoms. The maximum atomic E-state index is 11.8. The monoisotopic (exact) mass is 311 g/mol. The predicted molar refractivity (Wildman–Crippen MR) is 69.1 cm³/mol. The maximum Gasteiger partial charge on any atom is 0.275 e. The Morgan fingerprint density at radius 1 is 1.24 bits per heavy atom. The molecule has 2 heterocycles. The van der Waals surface area contributed by atoms with Gasteiger partial charge in [-0.05, 0) is 24.3 Å². The van der Waals surface area contributed by atoms with Gasteiger partial charge in [0, 0.05) is 21.9 Å². The zero-order valence-electron chi connectivity index (χ0n) is 8.52. The predicted octanol–water partition coefficient (Wildman–Crippen LogP) is 3.14. The van der Waals surface area contributed by atoms with E-state index < -0.39 is 0 Å². The molecule has 4 nitrogen and oxygen atoms in total. The molecular formula is C11H7BrClN3O. The summed E-state index contributed by atoms with van der Waals surface area (Å²) in [6, 6.07) is 6.57. The fourth-order valence-electron chi connectivity index (χ4n) is 1.18. The molecule has 0 radical (unpaired) electrons. The minimum atomic E-state index is -0.349. The van der Waals surface area contributed by atoms with Crippen LogP contribution in [0.15, 0.2) is 41.1 Å². The molecule has 0 saturated heterocycles. The highest BCUT2D eigenvalue weighted by atomic mass is 79.9. The Hall–Kier alpha value is -1.46. The molecule has 0 fully saturated rings. The van der Waals surface area contributed by atoms with Crippen molar-refractivity contribution in [2.45, 2.75) is 0 Å². The van der Waals surface area contributed by atoms with Gasteiger partial charge in [-0.3, -0.25) is 9.78 Å². The number of rotatable bonds is 2. The van der Waals surface area contributed by atoms with E-state index in [1.165, 1.54) is 12.3 Å². The van der Waals surface area contributed by atoms with Crippen LogP contribution >= 0.6 is 27.5 Å². The van der Waals surface area contributed by atoms with Crippen LogP contribution in [0, 0.1) is 0 Å². The van der Waals surface area contributed by atoms with E-state index in [1.807, 2.05) is 0 Å². The van der Waals surface area contributed by atoms with Crippen LogP contribution in [0.4, 0.5) is 5.82 Å². The smallest absolute Gasteiger partial charge is 0.275 e. The van der Waals surface area contributed by atoms with E-state index in [-0.39, 0.29) is 11.6 Å². The number of amides is 1. The lowest BCUT2D eigenvalue weighted by Crippen LogP contribution is -2.14. The molecular weight excluding hydrogens is 305 g/mol. The van der Waals surface area contributed by atoms with Crippen molar-refractivity contribution in [1.82, 2.24) is 9.97 Å². The Bertz CT molecular complexity index is 562. The van der Waals surface area contributed by atoms with Gasteiger partial charge in [-0.15, -0.1) is 0 Å². The third-order valence-corrected chi connectivity index (χ3v) is 2.65. The first-order chi connectivity index (χ1) is 8.15. The van der Waals surface area contributed by atoms with E-state index >= 15 is 0 Å². The number of nitrogens with zero attached hydrogens (tertiary/aromatic N) is 2. The van der Waals surface area contributed by atoms with Crippen molar-refractivity contribution in [2.75, 3.05) is 5.32 Å². The third kappa shape index (κ3) is 3.25. The molecule has 0 aliphatic carbocycles. The van der Waals surface area contributed by atoms with Crippen LogP contribution in [-0.2, 0) is 0 Å². The van der Waals surface area contributed by atoms with Gasteiger partial charge in [0.1, 0.15) is 11.5 Å². The summed E-state index contributed by atoms with van der Waals surface area (Å²) in [5.41, 5.74) is 0.249. The lowest BCUT2D eigenvalue weighted by atomic mass is 10.3. The number of carbonyl (C=O) groups is 1. The van der Waals surface area contributed by atoms with Crippen molar-refractivity contribution < 1.29 is 4.79 Å². The number of halogens is 2. The van der Waals surface area contributed by atoms with Gasteiger partial charge in [-0.2, -0.15) is 0 Å². The highest BCUT2D eigenvalue weighted by Gasteiger charge is 2.08. The van der Waals surface area contributed by atoms with Crippen molar-refractivity contribution in [3.8, 4) is 0 Å². The molecule has 0 spiro atoms. The summed E-state index contributed by atoms with van der Waals surface area (Å²) in [5, 5.41) is 3.09. The lowest BCUT2D eigenvalue weighted by molar-refractivity contribution is 0.102. The van der Waals surface area contributed by atoms with Crippen molar-refractivity contribution in [3.63, 3.8) is 0 Å². The van der Waals surface area contributed by atoms with Gasteiger partial charge in [0.15, 0.2) is 0 Å². The summed E-state index contributed by atoms with van der Waals surface area (Å²) in [6.45, 7) is 0. The van der Waals surface area contributed by atoms with Gasteiger partial charge in [0.05, 0.1) is 0 Å². The topological polar surface area (TPSA) is 54.9 Å². The Morgan fingerprint density at radius 3 is 2.71 bits per heavy atom. The van der Waals surface area contributed by atoms with Crippen LogP contribution in [0.5, 0.6) is 0 Å². The first-order valence-electron chi connectivity index (χ1n) is 4.69. The minimum absolute atomic E-state index is 0.249. The van der Waals surface area contributed by atoms with Crippen molar-refractivity contribution in [1.29, 1.82) is 0 Å². The van der Waals surface area contributed by atoms with Crippen molar-refractivity contribution in [3.05, 3.63) is 51.8 Å². The largest absolute Gasteiger partial charge is 0.305 e. The van der Waals surface area contributed by atoms with Crippen LogP contribution in [0.25, 0.3) is 0 Å². The average Bonchev–Trinajstić information content (AvgIpc) is 2.29. The van der Waals surface area contributed by atoms with Gasteiger partial charge in [0.2, 0.25) is 0 Å². The second-order valence-electron chi connectivity index (χ2n) is 3.17. The molecule has 1 N–H and O–H groups in total. The third-order valence-electron chi connectivity index (χ3n) is 1.92. The minimum Gasteiger partial charge on any atom is -0.305 e. The maximum absolute atomic E-state index is 11.8. The Balaban J connectivity index is 2.17. The van der Waals surface area contributed by atoms with E-state index in [0.717, 1.165) is 4.47 Å². The second kappa shape index (κ2) is 5.25. The van der Waals surface area contributed by atoms with Gasteiger partial charge < -0.3 is 5.32 Å². The average molecular weight is 313 g/mol. The SMILES string of the molecule is O=C(Nc1cc(Br)ccn1)c1cc(Cl)ccn1. The van der Waals surface area contributed by atoms with E-state index in [2.05, 4.69) is 31.2 Å². The summed E-state index contributed by atoms with van der Waals surface area (Å²) >= 11 is 9.07. The highest BCUT2D eigenvalue weighted by molar-refractivity contribution is 9.10. The number of hydrogen-bond acceptors (Lipinski definition) is 3. The Kier molecular flexibility index (Phi) is 3.71. The van der Waals surface area contributed by atoms with E-state index in [0.29, 0.717) is 10.8 Å². The molecule has 17 heavy (non-hydrogen) atoms. The summed E-state index contributed by atoms with van der Waals surface area (Å²) in [7, 11) is 0. The van der Waals surface area contributed by atoms with Crippen LogP contribution in [0.1, 0.15) is 10.5 Å². The molecule has 6 heteroatoms. The first kappa shape index (κ1) is 12.0. The van der Waals surface area contributed by atoms with Crippen LogP contribution < -0.4 is 5.32 Å². The lowest BCUT2D eigenvalue weighted by Gasteiger charge is -2.03. The Morgan fingerprint density at radius 2 is 2.00 bits per heavy atom. The molecule has 2 aromatic rings.